The van der Waals surface area contributed by atoms with E-state index in [4.69, 9.17) is 11.6 Å². The van der Waals surface area contributed by atoms with Gasteiger partial charge in [0.25, 0.3) is 11.7 Å². The molecule has 0 unspecified atom stereocenters. The molecule has 1 heterocycles. The zero-order chi connectivity index (χ0) is 10.9. The van der Waals surface area contributed by atoms with E-state index in [0.717, 1.165) is 6.07 Å². The molecule has 2 nitrogen and oxygen atoms in total. The molecule has 0 spiro atoms. The SMILES string of the molecule is Cc1cc(C(=O)Cl)c(C(F)F)c(F)n1. The lowest BCUT2D eigenvalue weighted by Gasteiger charge is -2.06. The second-order valence-electron chi connectivity index (χ2n) is 2.59. The largest absolute Gasteiger partial charge is 0.276 e. The van der Waals surface area contributed by atoms with Gasteiger partial charge < -0.3 is 0 Å². The molecule has 1 rings (SSSR count). The lowest BCUT2D eigenvalue weighted by molar-refractivity contribution is 0.106. The van der Waals surface area contributed by atoms with Crippen molar-refractivity contribution in [1.29, 1.82) is 0 Å². The Labute approximate surface area is 82.7 Å². The molecule has 14 heavy (non-hydrogen) atoms. The Bertz CT molecular complexity index is 381. The molecule has 76 valence electrons. The third kappa shape index (κ3) is 2.04. The predicted molar refractivity (Wildman–Crippen MR) is 44.1 cm³/mol. The maximum Gasteiger partial charge on any atom is 0.269 e. The summed E-state index contributed by atoms with van der Waals surface area (Å²) in [5, 5.41) is -1.12. The van der Waals surface area contributed by atoms with E-state index >= 15 is 0 Å². The van der Waals surface area contributed by atoms with Gasteiger partial charge in [-0.25, -0.2) is 13.8 Å². The molecule has 0 aliphatic carbocycles. The summed E-state index contributed by atoms with van der Waals surface area (Å²) in [7, 11) is 0. The molecule has 1 aromatic heterocycles. The maximum atomic E-state index is 12.9. The molecular formula is C8H5ClF3NO. The van der Waals surface area contributed by atoms with Crippen molar-refractivity contribution < 1.29 is 18.0 Å². The number of pyridine rings is 1. The van der Waals surface area contributed by atoms with Crippen LogP contribution in [0.15, 0.2) is 6.07 Å². The summed E-state index contributed by atoms with van der Waals surface area (Å²) in [6, 6.07) is 1.03. The average molecular weight is 224 g/mol. The van der Waals surface area contributed by atoms with E-state index in [9.17, 15) is 18.0 Å². The van der Waals surface area contributed by atoms with Crippen molar-refractivity contribution in [2.75, 3.05) is 0 Å². The van der Waals surface area contributed by atoms with Crippen LogP contribution in [-0.4, -0.2) is 10.2 Å². The standard InChI is InChI=1S/C8H5ClF3NO/c1-3-2-4(6(9)14)5(7(10)11)8(12)13-3/h2,7H,1H3. The first kappa shape index (κ1) is 11.0. The fourth-order valence-electron chi connectivity index (χ4n) is 1.02. The Hall–Kier alpha value is -1.10. The van der Waals surface area contributed by atoms with Gasteiger partial charge in [0.2, 0.25) is 5.95 Å². The Morgan fingerprint density at radius 1 is 1.57 bits per heavy atom. The molecule has 0 aromatic carbocycles. The lowest BCUT2D eigenvalue weighted by atomic mass is 10.1. The molecule has 0 amide bonds. The van der Waals surface area contributed by atoms with Crippen LogP contribution < -0.4 is 0 Å². The first-order valence-corrected chi connectivity index (χ1v) is 3.96. The highest BCUT2D eigenvalue weighted by atomic mass is 35.5. The molecule has 6 heteroatoms. The molecule has 0 aliphatic heterocycles. The number of carbonyl (C=O) groups is 1. The summed E-state index contributed by atoms with van der Waals surface area (Å²) >= 11 is 5.03. The quantitative estimate of drug-likeness (QED) is 0.570. The molecule has 0 aliphatic rings. The van der Waals surface area contributed by atoms with Crippen LogP contribution in [0.2, 0.25) is 0 Å². The maximum absolute atomic E-state index is 12.9. The van der Waals surface area contributed by atoms with E-state index in [-0.39, 0.29) is 5.69 Å². The number of halogens is 4. The summed E-state index contributed by atoms with van der Waals surface area (Å²) in [5.74, 6) is -1.36. The Morgan fingerprint density at radius 3 is 2.57 bits per heavy atom. The van der Waals surface area contributed by atoms with Gasteiger partial charge in [-0.15, -0.1) is 0 Å². The molecular weight excluding hydrogens is 219 g/mol. The highest BCUT2D eigenvalue weighted by Crippen LogP contribution is 2.26. The van der Waals surface area contributed by atoms with Gasteiger partial charge in [0, 0.05) is 11.3 Å². The molecule has 0 bridgehead atoms. The first-order chi connectivity index (χ1) is 6.43. The van der Waals surface area contributed by atoms with Crippen LogP contribution >= 0.6 is 11.6 Å². The van der Waals surface area contributed by atoms with E-state index in [1.54, 1.807) is 0 Å². The third-order valence-corrected chi connectivity index (χ3v) is 1.77. The predicted octanol–water partition coefficient (Wildman–Crippen LogP) is 2.85. The smallest absolute Gasteiger partial charge is 0.269 e. The first-order valence-electron chi connectivity index (χ1n) is 3.58. The minimum atomic E-state index is -3.11. The Balaban J connectivity index is 3.44. The van der Waals surface area contributed by atoms with Crippen LogP contribution in [0.4, 0.5) is 13.2 Å². The minimum Gasteiger partial charge on any atom is -0.276 e. The van der Waals surface area contributed by atoms with E-state index < -0.39 is 28.7 Å². The number of aromatic nitrogens is 1. The Morgan fingerprint density at radius 2 is 2.14 bits per heavy atom. The number of aryl methyl sites for hydroxylation is 1. The van der Waals surface area contributed by atoms with Crippen LogP contribution in [0, 0.1) is 12.9 Å². The molecule has 0 atom stereocenters. The fraction of sp³-hybridized carbons (Fsp3) is 0.250. The summed E-state index contributed by atoms with van der Waals surface area (Å²) < 4.78 is 37.5. The molecule has 0 saturated heterocycles. The molecule has 1 aromatic rings. The van der Waals surface area contributed by atoms with Crippen LogP contribution in [0.3, 0.4) is 0 Å². The third-order valence-electron chi connectivity index (χ3n) is 1.57. The van der Waals surface area contributed by atoms with Crippen LogP contribution in [0.5, 0.6) is 0 Å². The second kappa shape index (κ2) is 3.96. The number of hydrogen-bond donors (Lipinski definition) is 0. The molecule has 0 N–H and O–H groups in total. The van der Waals surface area contributed by atoms with Crippen molar-refractivity contribution in [3.05, 3.63) is 28.8 Å². The number of alkyl halides is 2. The van der Waals surface area contributed by atoms with Gasteiger partial charge in [-0.3, -0.25) is 4.79 Å². The second-order valence-corrected chi connectivity index (χ2v) is 2.93. The van der Waals surface area contributed by atoms with Gasteiger partial charge >= 0.3 is 0 Å². The molecule has 0 saturated carbocycles. The molecule has 0 fully saturated rings. The number of rotatable bonds is 2. The van der Waals surface area contributed by atoms with Crippen molar-refractivity contribution >= 4 is 16.8 Å². The van der Waals surface area contributed by atoms with E-state index in [1.807, 2.05) is 0 Å². The zero-order valence-electron chi connectivity index (χ0n) is 7.02. The van der Waals surface area contributed by atoms with Gasteiger partial charge in [-0.1, -0.05) is 0 Å². The highest BCUT2D eigenvalue weighted by molar-refractivity contribution is 6.67. The van der Waals surface area contributed by atoms with Gasteiger partial charge in [0.1, 0.15) is 0 Å². The van der Waals surface area contributed by atoms with Crippen molar-refractivity contribution in [3.8, 4) is 0 Å². The fourth-order valence-corrected chi connectivity index (χ4v) is 1.17. The van der Waals surface area contributed by atoms with Gasteiger partial charge in [0.15, 0.2) is 0 Å². The monoisotopic (exact) mass is 223 g/mol. The number of nitrogens with zero attached hydrogens (tertiary/aromatic N) is 1. The minimum absolute atomic E-state index is 0.121. The van der Waals surface area contributed by atoms with Gasteiger partial charge in [-0.05, 0) is 24.6 Å². The lowest BCUT2D eigenvalue weighted by Crippen LogP contribution is -2.05. The summed E-state index contributed by atoms with van der Waals surface area (Å²) in [6.07, 6.45) is -3.11. The van der Waals surface area contributed by atoms with Crippen LogP contribution in [0.25, 0.3) is 0 Å². The van der Waals surface area contributed by atoms with Crippen LogP contribution in [0.1, 0.15) is 28.0 Å². The summed E-state index contributed by atoms with van der Waals surface area (Å²) in [6.45, 7) is 1.38. The number of carbonyl (C=O) groups excluding carboxylic acids is 1. The average Bonchev–Trinajstić information content (AvgIpc) is 2.01. The van der Waals surface area contributed by atoms with Gasteiger partial charge in [0.05, 0.1) is 5.56 Å². The summed E-state index contributed by atoms with van der Waals surface area (Å²) in [5.41, 5.74) is -1.46. The highest BCUT2D eigenvalue weighted by Gasteiger charge is 2.23. The van der Waals surface area contributed by atoms with E-state index in [2.05, 4.69) is 4.98 Å². The van der Waals surface area contributed by atoms with Crippen molar-refractivity contribution in [3.63, 3.8) is 0 Å². The van der Waals surface area contributed by atoms with Crippen molar-refractivity contribution in [2.45, 2.75) is 13.3 Å². The normalized spacial score (nSPS) is 10.7. The topological polar surface area (TPSA) is 30.0 Å². The summed E-state index contributed by atoms with van der Waals surface area (Å²) in [4.78, 5) is 13.9. The Kier molecular flexibility index (Phi) is 3.10. The number of hydrogen-bond acceptors (Lipinski definition) is 2. The zero-order valence-corrected chi connectivity index (χ0v) is 7.78. The molecule has 0 radical (unpaired) electrons. The van der Waals surface area contributed by atoms with Crippen LogP contribution in [-0.2, 0) is 0 Å². The van der Waals surface area contributed by atoms with E-state index in [0.29, 0.717) is 0 Å². The van der Waals surface area contributed by atoms with Crippen molar-refractivity contribution in [1.82, 2.24) is 4.98 Å². The van der Waals surface area contributed by atoms with Crippen molar-refractivity contribution in [2.24, 2.45) is 0 Å². The van der Waals surface area contributed by atoms with E-state index in [1.165, 1.54) is 6.92 Å². The van der Waals surface area contributed by atoms with Gasteiger partial charge in [-0.2, -0.15) is 4.39 Å².